The molecule has 0 aliphatic heterocycles. The van der Waals surface area contributed by atoms with Gasteiger partial charge in [0.25, 0.3) is 0 Å². The Morgan fingerprint density at radius 3 is 2.82 bits per heavy atom. The number of rotatable bonds is 4. The minimum atomic E-state index is -0.0552. The second-order valence-corrected chi connectivity index (χ2v) is 6.62. The number of hydrogen-bond acceptors (Lipinski definition) is 2. The molecular formula is C17H20BrN3O. The fourth-order valence-corrected chi connectivity index (χ4v) is 3.47. The number of nitrogens with zero attached hydrogens (tertiary/aromatic N) is 2. The Kier molecular flexibility index (Phi) is 4.34. The second-order valence-electron chi connectivity index (χ2n) is 5.77. The van der Waals surface area contributed by atoms with E-state index in [1.54, 1.807) is 6.92 Å². The van der Waals surface area contributed by atoms with Crippen molar-refractivity contribution in [3.8, 4) is 11.3 Å². The predicted octanol–water partition coefficient (Wildman–Crippen LogP) is 4.56. The summed E-state index contributed by atoms with van der Waals surface area (Å²) in [6.07, 6.45) is 6.37. The van der Waals surface area contributed by atoms with Gasteiger partial charge in [-0.15, -0.1) is 0 Å². The molecule has 1 aromatic carbocycles. The maximum atomic E-state index is 11.6. The summed E-state index contributed by atoms with van der Waals surface area (Å²) in [4.78, 5) is 11.6. The lowest BCUT2D eigenvalue weighted by molar-refractivity contribution is -0.114. The van der Waals surface area contributed by atoms with E-state index in [0.717, 1.165) is 27.8 Å². The van der Waals surface area contributed by atoms with E-state index in [2.05, 4.69) is 50.1 Å². The van der Waals surface area contributed by atoms with E-state index >= 15 is 0 Å². The summed E-state index contributed by atoms with van der Waals surface area (Å²) in [5.41, 5.74) is 4.12. The third-order valence-corrected chi connectivity index (χ3v) is 4.98. The van der Waals surface area contributed by atoms with Crippen molar-refractivity contribution in [2.24, 2.45) is 0 Å². The highest BCUT2D eigenvalue weighted by atomic mass is 79.9. The zero-order chi connectivity index (χ0) is 15.7. The van der Waals surface area contributed by atoms with Gasteiger partial charge in [0, 0.05) is 23.2 Å². The molecule has 0 saturated heterocycles. The smallest absolute Gasteiger partial charge is 0.221 e. The molecule has 5 heteroatoms. The zero-order valence-electron chi connectivity index (χ0n) is 12.9. The molecule has 1 heterocycles. The molecule has 22 heavy (non-hydrogen) atoms. The van der Waals surface area contributed by atoms with Crippen LogP contribution in [-0.4, -0.2) is 15.7 Å². The van der Waals surface area contributed by atoms with Gasteiger partial charge in [-0.25, -0.2) is 0 Å². The fourth-order valence-electron chi connectivity index (χ4n) is 2.84. The van der Waals surface area contributed by atoms with E-state index in [4.69, 9.17) is 0 Å². The summed E-state index contributed by atoms with van der Waals surface area (Å²) in [6, 6.07) is 6.66. The van der Waals surface area contributed by atoms with Crippen LogP contribution < -0.4 is 5.32 Å². The normalized spacial score (nSPS) is 14.7. The SMILES string of the molecule is CCc1cc(NC(C)=O)c(-c2ccnn2C2CCC2)cc1Br. The van der Waals surface area contributed by atoms with Crippen molar-refractivity contribution in [1.29, 1.82) is 0 Å². The third-order valence-electron chi connectivity index (χ3n) is 4.24. The van der Waals surface area contributed by atoms with E-state index in [1.165, 1.54) is 24.8 Å². The van der Waals surface area contributed by atoms with Crippen LogP contribution in [0.3, 0.4) is 0 Å². The summed E-state index contributed by atoms with van der Waals surface area (Å²) in [5, 5.41) is 7.46. The number of carbonyl (C=O) groups is 1. The molecule has 0 atom stereocenters. The van der Waals surface area contributed by atoms with Crippen molar-refractivity contribution in [3.63, 3.8) is 0 Å². The Balaban J connectivity index is 2.10. The summed E-state index contributed by atoms with van der Waals surface area (Å²) < 4.78 is 3.17. The maximum Gasteiger partial charge on any atom is 0.221 e. The van der Waals surface area contributed by atoms with Crippen molar-refractivity contribution in [3.05, 3.63) is 34.4 Å². The topological polar surface area (TPSA) is 46.9 Å². The minimum absolute atomic E-state index is 0.0552. The van der Waals surface area contributed by atoms with Crippen LogP contribution in [0.5, 0.6) is 0 Å². The zero-order valence-corrected chi connectivity index (χ0v) is 14.5. The first-order chi connectivity index (χ1) is 10.6. The van der Waals surface area contributed by atoms with E-state index in [-0.39, 0.29) is 5.91 Å². The highest BCUT2D eigenvalue weighted by Crippen LogP contribution is 2.38. The number of nitrogens with one attached hydrogen (secondary N) is 1. The van der Waals surface area contributed by atoms with Crippen molar-refractivity contribution in [1.82, 2.24) is 9.78 Å². The number of halogens is 1. The van der Waals surface area contributed by atoms with Gasteiger partial charge in [-0.05, 0) is 49.4 Å². The highest BCUT2D eigenvalue weighted by molar-refractivity contribution is 9.10. The Labute approximate surface area is 139 Å². The van der Waals surface area contributed by atoms with Crippen LogP contribution in [0.15, 0.2) is 28.9 Å². The number of carbonyl (C=O) groups excluding carboxylic acids is 1. The van der Waals surface area contributed by atoms with Gasteiger partial charge in [0.05, 0.1) is 17.4 Å². The number of benzene rings is 1. The van der Waals surface area contributed by atoms with E-state index in [0.29, 0.717) is 6.04 Å². The molecule has 1 N–H and O–H groups in total. The molecule has 0 spiro atoms. The van der Waals surface area contributed by atoms with Crippen molar-refractivity contribution in [2.75, 3.05) is 5.32 Å². The predicted molar refractivity (Wildman–Crippen MR) is 91.9 cm³/mol. The number of aromatic nitrogens is 2. The van der Waals surface area contributed by atoms with Crippen molar-refractivity contribution in [2.45, 2.75) is 45.6 Å². The van der Waals surface area contributed by atoms with Gasteiger partial charge in [0.15, 0.2) is 0 Å². The van der Waals surface area contributed by atoms with Crippen molar-refractivity contribution < 1.29 is 4.79 Å². The molecule has 1 saturated carbocycles. The van der Waals surface area contributed by atoms with E-state index < -0.39 is 0 Å². The molecule has 1 aliphatic rings. The Morgan fingerprint density at radius 1 is 1.45 bits per heavy atom. The maximum absolute atomic E-state index is 11.6. The number of amides is 1. The summed E-state index contributed by atoms with van der Waals surface area (Å²) in [5.74, 6) is -0.0552. The van der Waals surface area contributed by atoms with Gasteiger partial charge in [-0.2, -0.15) is 5.10 Å². The lowest BCUT2D eigenvalue weighted by Gasteiger charge is -2.28. The third kappa shape index (κ3) is 2.82. The van der Waals surface area contributed by atoms with Crippen LogP contribution in [0.25, 0.3) is 11.3 Å². The first kappa shape index (κ1) is 15.3. The van der Waals surface area contributed by atoms with E-state index in [1.807, 2.05) is 12.3 Å². The standard InChI is InChI=1S/C17H20BrN3O/c1-3-12-9-16(20-11(2)22)14(10-15(12)18)17-7-8-19-21(17)13-5-4-6-13/h7-10,13H,3-6H2,1-2H3,(H,20,22). The molecule has 0 bridgehead atoms. The van der Waals surface area contributed by atoms with E-state index in [9.17, 15) is 4.79 Å². The lowest BCUT2D eigenvalue weighted by atomic mass is 9.92. The molecule has 4 nitrogen and oxygen atoms in total. The van der Waals surface area contributed by atoms with Crippen LogP contribution >= 0.6 is 15.9 Å². The molecular weight excluding hydrogens is 342 g/mol. The summed E-state index contributed by atoms with van der Waals surface area (Å²) >= 11 is 3.64. The Bertz CT molecular complexity index is 704. The van der Waals surface area contributed by atoms with Gasteiger partial charge < -0.3 is 5.32 Å². The van der Waals surface area contributed by atoms with Crippen LogP contribution in [0.1, 0.15) is 44.7 Å². The molecule has 0 radical (unpaired) electrons. The first-order valence-corrected chi connectivity index (χ1v) is 8.53. The van der Waals surface area contributed by atoms with Crippen LogP contribution in [0.4, 0.5) is 5.69 Å². The van der Waals surface area contributed by atoms with Crippen LogP contribution in [-0.2, 0) is 11.2 Å². The van der Waals surface area contributed by atoms with Crippen LogP contribution in [0.2, 0.25) is 0 Å². The minimum Gasteiger partial charge on any atom is -0.326 e. The number of anilines is 1. The van der Waals surface area contributed by atoms with Gasteiger partial charge >= 0.3 is 0 Å². The second kappa shape index (κ2) is 6.24. The molecule has 116 valence electrons. The molecule has 1 aromatic heterocycles. The Morgan fingerprint density at radius 2 is 2.23 bits per heavy atom. The molecule has 1 fully saturated rings. The molecule has 0 unspecified atom stereocenters. The van der Waals surface area contributed by atoms with Gasteiger partial charge in [-0.3, -0.25) is 9.48 Å². The van der Waals surface area contributed by atoms with Gasteiger partial charge in [0.2, 0.25) is 5.91 Å². The quantitative estimate of drug-likeness (QED) is 0.867. The number of aryl methyl sites for hydroxylation is 1. The summed E-state index contributed by atoms with van der Waals surface area (Å²) in [6.45, 7) is 3.65. The van der Waals surface area contributed by atoms with Gasteiger partial charge in [0.1, 0.15) is 0 Å². The summed E-state index contributed by atoms with van der Waals surface area (Å²) in [7, 11) is 0. The Hall–Kier alpha value is -1.62. The number of hydrogen-bond donors (Lipinski definition) is 1. The molecule has 1 aliphatic carbocycles. The van der Waals surface area contributed by atoms with Crippen LogP contribution in [0, 0.1) is 0 Å². The molecule has 1 amide bonds. The fraction of sp³-hybridized carbons (Fsp3) is 0.412. The monoisotopic (exact) mass is 361 g/mol. The molecule has 3 rings (SSSR count). The average molecular weight is 362 g/mol. The largest absolute Gasteiger partial charge is 0.326 e. The highest BCUT2D eigenvalue weighted by Gasteiger charge is 2.24. The molecule has 2 aromatic rings. The van der Waals surface area contributed by atoms with Gasteiger partial charge in [-0.1, -0.05) is 22.9 Å². The first-order valence-electron chi connectivity index (χ1n) is 7.74. The van der Waals surface area contributed by atoms with Crippen molar-refractivity contribution >= 4 is 27.5 Å². The average Bonchev–Trinajstić information content (AvgIpc) is 2.86. The lowest BCUT2D eigenvalue weighted by Crippen LogP contribution is -2.19.